The Bertz CT molecular complexity index is 577. The molecule has 0 N–H and O–H groups in total. The van der Waals surface area contributed by atoms with Crippen LogP contribution >= 0.6 is 0 Å². The highest BCUT2D eigenvalue weighted by atomic mass is 14.6. The first kappa shape index (κ1) is 9.24. The molecule has 0 spiro atoms. The summed E-state index contributed by atoms with van der Waals surface area (Å²) in [6.45, 7) is 0. The van der Waals surface area contributed by atoms with Crippen molar-refractivity contribution in [1.29, 1.82) is 5.26 Å². The minimum atomic E-state index is 0.261. The number of rotatable bonds is 0. The van der Waals surface area contributed by atoms with Gasteiger partial charge in [0.1, 0.15) is 0 Å². The highest BCUT2D eigenvalue weighted by molar-refractivity contribution is 5.84. The van der Waals surface area contributed by atoms with Crippen LogP contribution in [-0.4, -0.2) is 4.98 Å². The average Bonchev–Trinajstić information content (AvgIpc) is 2.30. The minimum Gasteiger partial charge on any atom is -0.256 e. The van der Waals surface area contributed by atoms with Gasteiger partial charge in [-0.25, -0.2) is 0 Å². The number of fused-ring (bicyclic) bond motifs is 1. The van der Waals surface area contributed by atoms with Gasteiger partial charge in [0.15, 0.2) is 0 Å². The zero-order valence-electron chi connectivity index (χ0n) is 8.07. The number of benzene rings is 1. The highest BCUT2D eigenvalue weighted by Crippen LogP contribution is 2.14. The second-order valence-corrected chi connectivity index (χ2v) is 3.01. The van der Waals surface area contributed by atoms with Crippen LogP contribution in [0.3, 0.4) is 0 Å². The van der Waals surface area contributed by atoms with E-state index in [9.17, 15) is 0 Å². The highest BCUT2D eigenvalue weighted by Gasteiger charge is 1.96. The molecule has 15 heavy (non-hydrogen) atoms. The van der Waals surface area contributed by atoms with E-state index in [2.05, 4.69) is 16.8 Å². The molecule has 0 aliphatic heterocycles. The Morgan fingerprint density at radius 2 is 2.13 bits per heavy atom. The van der Waals surface area contributed by atoms with Crippen molar-refractivity contribution in [3.63, 3.8) is 0 Å². The molecule has 1 heterocycles. The molecular weight excluding hydrogens is 184 g/mol. The monoisotopic (exact) mass is 192 g/mol. The third-order valence-corrected chi connectivity index (χ3v) is 2.04. The Morgan fingerprint density at radius 3 is 3.00 bits per heavy atom. The zero-order valence-corrected chi connectivity index (χ0v) is 8.07. The Kier molecular flexibility index (Phi) is 2.63. The molecule has 0 bridgehead atoms. The summed E-state index contributed by atoms with van der Waals surface area (Å²) >= 11 is 0. The smallest absolute Gasteiger partial charge is 0.0966 e. The van der Waals surface area contributed by atoms with E-state index >= 15 is 0 Å². The molecule has 0 saturated heterocycles. The largest absolute Gasteiger partial charge is 0.256 e. The van der Waals surface area contributed by atoms with Gasteiger partial charge in [0, 0.05) is 17.1 Å². The maximum Gasteiger partial charge on any atom is 0.0966 e. The fourth-order valence-corrected chi connectivity index (χ4v) is 1.39. The van der Waals surface area contributed by atoms with E-state index in [-0.39, 0.29) is 6.42 Å². The normalized spacial score (nSPS) is 9.00. The third-order valence-electron chi connectivity index (χ3n) is 2.04. The fraction of sp³-hybridized carbons (Fsp3) is 0.0769. The van der Waals surface area contributed by atoms with Gasteiger partial charge in [0.05, 0.1) is 18.0 Å². The maximum absolute atomic E-state index is 8.39. The van der Waals surface area contributed by atoms with Crippen molar-refractivity contribution >= 4 is 10.9 Å². The van der Waals surface area contributed by atoms with Gasteiger partial charge in [-0.2, -0.15) is 5.26 Å². The summed E-state index contributed by atoms with van der Waals surface area (Å²) in [6.07, 6.45) is 2.02. The van der Waals surface area contributed by atoms with Crippen molar-refractivity contribution in [2.75, 3.05) is 0 Å². The van der Waals surface area contributed by atoms with Crippen LogP contribution in [0.2, 0.25) is 0 Å². The molecule has 2 aromatic rings. The first-order valence-electron chi connectivity index (χ1n) is 4.61. The quantitative estimate of drug-likeness (QED) is 0.601. The zero-order chi connectivity index (χ0) is 10.5. The molecule has 0 atom stereocenters. The molecule has 2 nitrogen and oxygen atoms in total. The first-order valence-corrected chi connectivity index (χ1v) is 4.61. The van der Waals surface area contributed by atoms with Crippen molar-refractivity contribution in [3.8, 4) is 17.9 Å². The molecule has 0 radical (unpaired) electrons. The lowest BCUT2D eigenvalue weighted by Crippen LogP contribution is -1.81. The Morgan fingerprint density at radius 1 is 1.20 bits per heavy atom. The summed E-state index contributed by atoms with van der Waals surface area (Å²) in [5.74, 6) is 5.78. The lowest BCUT2D eigenvalue weighted by atomic mass is 10.1. The van der Waals surface area contributed by atoms with Crippen molar-refractivity contribution in [1.82, 2.24) is 4.98 Å². The fourth-order valence-electron chi connectivity index (χ4n) is 1.39. The van der Waals surface area contributed by atoms with E-state index in [1.165, 1.54) is 0 Å². The number of nitrogens with zero attached hydrogens (tertiary/aromatic N) is 2. The lowest BCUT2D eigenvalue weighted by Gasteiger charge is -1.97. The van der Waals surface area contributed by atoms with Crippen LogP contribution < -0.4 is 0 Å². The molecule has 0 amide bonds. The van der Waals surface area contributed by atoms with Crippen LogP contribution in [0.1, 0.15) is 12.0 Å². The summed E-state index contributed by atoms with van der Waals surface area (Å²) in [6, 6.07) is 11.7. The number of aromatic nitrogens is 1. The first-order chi connectivity index (χ1) is 7.42. The van der Waals surface area contributed by atoms with Gasteiger partial charge in [-0.05, 0) is 18.2 Å². The number of hydrogen-bond donors (Lipinski definition) is 0. The van der Waals surface area contributed by atoms with Crippen molar-refractivity contribution in [2.24, 2.45) is 0 Å². The molecule has 0 aliphatic carbocycles. The van der Waals surface area contributed by atoms with Gasteiger partial charge in [-0.1, -0.05) is 24.0 Å². The number of nitriles is 1. The van der Waals surface area contributed by atoms with Crippen molar-refractivity contribution in [2.45, 2.75) is 6.42 Å². The summed E-state index contributed by atoms with van der Waals surface area (Å²) < 4.78 is 0. The number of pyridine rings is 1. The van der Waals surface area contributed by atoms with Crippen LogP contribution in [0.5, 0.6) is 0 Å². The Hall–Kier alpha value is -2.32. The standard InChI is InChI=1S/C13H8N2/c14-9-2-1-5-11-6-3-8-13-12(11)7-4-10-15-13/h3-4,6-8,10H,2H2. The van der Waals surface area contributed by atoms with Gasteiger partial charge >= 0.3 is 0 Å². The van der Waals surface area contributed by atoms with E-state index in [0.717, 1.165) is 16.5 Å². The average molecular weight is 192 g/mol. The lowest BCUT2D eigenvalue weighted by molar-refractivity contribution is 1.39. The maximum atomic E-state index is 8.39. The second-order valence-electron chi connectivity index (χ2n) is 3.01. The second kappa shape index (κ2) is 4.26. The van der Waals surface area contributed by atoms with E-state index in [4.69, 9.17) is 5.26 Å². The Labute approximate surface area is 88.2 Å². The minimum absolute atomic E-state index is 0.261. The summed E-state index contributed by atoms with van der Waals surface area (Å²) in [4.78, 5) is 4.24. The van der Waals surface area contributed by atoms with Crippen LogP contribution in [0.25, 0.3) is 10.9 Å². The SMILES string of the molecule is N#CCC#Cc1cccc2ncccc12. The van der Waals surface area contributed by atoms with Crippen molar-refractivity contribution in [3.05, 3.63) is 42.1 Å². The molecule has 2 heteroatoms. The molecule has 0 aliphatic rings. The van der Waals surface area contributed by atoms with Crippen LogP contribution in [0.15, 0.2) is 36.5 Å². The molecule has 0 fully saturated rings. The van der Waals surface area contributed by atoms with E-state index in [0.29, 0.717) is 0 Å². The molecular formula is C13H8N2. The van der Waals surface area contributed by atoms with Crippen LogP contribution in [0, 0.1) is 23.2 Å². The molecule has 1 aromatic carbocycles. The van der Waals surface area contributed by atoms with Gasteiger partial charge in [-0.15, -0.1) is 0 Å². The van der Waals surface area contributed by atoms with Crippen molar-refractivity contribution < 1.29 is 0 Å². The molecule has 2 rings (SSSR count). The van der Waals surface area contributed by atoms with Gasteiger partial charge in [0.25, 0.3) is 0 Å². The number of hydrogen-bond acceptors (Lipinski definition) is 2. The van der Waals surface area contributed by atoms with Gasteiger partial charge in [0.2, 0.25) is 0 Å². The Balaban J connectivity index is 2.54. The summed E-state index contributed by atoms with van der Waals surface area (Å²) in [7, 11) is 0. The molecule has 70 valence electrons. The topological polar surface area (TPSA) is 36.7 Å². The van der Waals surface area contributed by atoms with Crippen LogP contribution in [-0.2, 0) is 0 Å². The predicted octanol–water partition coefficient (Wildman–Crippen LogP) is 2.50. The van der Waals surface area contributed by atoms with Crippen LogP contribution in [0.4, 0.5) is 0 Å². The summed E-state index contributed by atoms with van der Waals surface area (Å²) in [5.41, 5.74) is 1.86. The van der Waals surface area contributed by atoms with E-state index in [1.54, 1.807) is 6.20 Å². The molecule has 0 unspecified atom stereocenters. The van der Waals surface area contributed by atoms with E-state index in [1.807, 2.05) is 36.4 Å². The summed E-state index contributed by atoms with van der Waals surface area (Å²) in [5, 5.41) is 9.43. The molecule has 1 aromatic heterocycles. The molecule has 0 saturated carbocycles. The van der Waals surface area contributed by atoms with Gasteiger partial charge in [-0.3, -0.25) is 4.98 Å². The predicted molar refractivity (Wildman–Crippen MR) is 58.9 cm³/mol. The van der Waals surface area contributed by atoms with Gasteiger partial charge < -0.3 is 0 Å². The third kappa shape index (κ3) is 1.95. The van der Waals surface area contributed by atoms with E-state index < -0.39 is 0 Å².